The van der Waals surface area contributed by atoms with E-state index in [1.54, 1.807) is 0 Å². The summed E-state index contributed by atoms with van der Waals surface area (Å²) in [4.78, 5) is 18.5. The number of nitrogens with one attached hydrogen (secondary N) is 1. The number of carbonyl (C=O) groups excluding carboxylic acids is 2. The van der Waals surface area contributed by atoms with Crippen LogP contribution in [-0.4, -0.2) is 35.2 Å². The maximum absolute atomic E-state index is 10.2. The normalized spacial score (nSPS) is 9.83. The van der Waals surface area contributed by atoms with Crippen LogP contribution in [0.2, 0.25) is 0 Å². The van der Waals surface area contributed by atoms with Crippen molar-refractivity contribution in [3.63, 3.8) is 0 Å². The van der Waals surface area contributed by atoms with Crippen molar-refractivity contribution in [3.05, 3.63) is 12.7 Å². The minimum absolute atomic E-state index is 0.598. The number of isocyanates is 1. The van der Waals surface area contributed by atoms with E-state index in [0.717, 1.165) is 12.2 Å². The highest BCUT2D eigenvalue weighted by molar-refractivity contribution is 5.81. The van der Waals surface area contributed by atoms with Crippen molar-refractivity contribution in [2.24, 2.45) is 0 Å². The molecule has 0 heterocycles. The molecule has 1 atom stereocenters. The van der Waals surface area contributed by atoms with Gasteiger partial charge in [-0.3, -0.25) is 0 Å². The summed E-state index contributed by atoms with van der Waals surface area (Å²) in [5.74, 6) is -0.753. The molecule has 6 heteroatoms. The SMILES string of the molecule is C=CC(=O)OC(O)CO.N=C=O. The van der Waals surface area contributed by atoms with E-state index in [4.69, 9.17) is 20.4 Å². The number of aliphatic hydroxyl groups excluding tert-OH is 2. The number of carbonyl (C=O) groups is 1. The molecule has 0 aliphatic rings. The van der Waals surface area contributed by atoms with E-state index < -0.39 is 18.9 Å². The predicted molar refractivity (Wildman–Crippen MR) is 37.8 cm³/mol. The van der Waals surface area contributed by atoms with Gasteiger partial charge in [-0.15, -0.1) is 0 Å². The van der Waals surface area contributed by atoms with Crippen molar-refractivity contribution in [2.75, 3.05) is 6.61 Å². The molecule has 0 radical (unpaired) electrons. The van der Waals surface area contributed by atoms with Crippen LogP contribution in [0.15, 0.2) is 12.7 Å². The van der Waals surface area contributed by atoms with Gasteiger partial charge < -0.3 is 14.9 Å². The van der Waals surface area contributed by atoms with Crippen molar-refractivity contribution in [1.82, 2.24) is 0 Å². The lowest BCUT2D eigenvalue weighted by atomic mass is 10.6. The van der Waals surface area contributed by atoms with Gasteiger partial charge in [0, 0.05) is 6.08 Å². The van der Waals surface area contributed by atoms with Gasteiger partial charge in [-0.1, -0.05) is 6.58 Å². The fourth-order valence-electron chi connectivity index (χ4n) is 0.219. The third kappa shape index (κ3) is 11.3. The molecular weight excluding hydrogens is 166 g/mol. The molecule has 0 amide bonds. The van der Waals surface area contributed by atoms with Crippen LogP contribution < -0.4 is 0 Å². The van der Waals surface area contributed by atoms with Gasteiger partial charge in [-0.25, -0.2) is 15.0 Å². The maximum atomic E-state index is 10.2. The van der Waals surface area contributed by atoms with Crippen molar-refractivity contribution < 1.29 is 24.5 Å². The summed E-state index contributed by atoms with van der Waals surface area (Å²) in [6, 6.07) is 0. The summed E-state index contributed by atoms with van der Waals surface area (Å²) in [6.45, 7) is 2.48. The quantitative estimate of drug-likeness (QED) is 0.166. The van der Waals surface area contributed by atoms with Crippen molar-refractivity contribution in [3.8, 4) is 0 Å². The molecule has 0 fully saturated rings. The number of hydrogen-bond acceptors (Lipinski definition) is 6. The topological polar surface area (TPSA) is 108 Å². The van der Waals surface area contributed by atoms with E-state index >= 15 is 0 Å². The molecule has 0 rings (SSSR count). The lowest BCUT2D eigenvalue weighted by Crippen LogP contribution is -2.19. The van der Waals surface area contributed by atoms with E-state index in [1.807, 2.05) is 0 Å². The van der Waals surface area contributed by atoms with E-state index in [1.165, 1.54) is 0 Å². The minimum atomic E-state index is -1.43. The number of hydrogen-bond donors (Lipinski definition) is 3. The maximum Gasteiger partial charge on any atom is 0.332 e. The molecule has 6 nitrogen and oxygen atoms in total. The van der Waals surface area contributed by atoms with Gasteiger partial charge in [0.05, 0.1) is 0 Å². The molecule has 0 aromatic rings. The second-order valence-electron chi connectivity index (χ2n) is 1.38. The molecule has 0 aromatic carbocycles. The van der Waals surface area contributed by atoms with Crippen LogP contribution in [0.4, 0.5) is 0 Å². The fourth-order valence-corrected chi connectivity index (χ4v) is 0.219. The number of rotatable bonds is 3. The van der Waals surface area contributed by atoms with Gasteiger partial charge in [-0.2, -0.15) is 0 Å². The molecule has 0 aliphatic heterocycles. The Morgan fingerprint density at radius 1 is 1.83 bits per heavy atom. The molecule has 0 bridgehead atoms. The zero-order chi connectivity index (χ0) is 9.98. The second kappa shape index (κ2) is 9.51. The number of esters is 1. The van der Waals surface area contributed by atoms with Crippen molar-refractivity contribution in [2.45, 2.75) is 6.29 Å². The molecule has 0 spiro atoms. The number of ether oxygens (including phenoxy) is 1. The van der Waals surface area contributed by atoms with E-state index in [9.17, 15) is 4.79 Å². The Balaban J connectivity index is 0. The van der Waals surface area contributed by atoms with Gasteiger partial charge in [-0.05, 0) is 0 Å². The zero-order valence-corrected chi connectivity index (χ0v) is 6.19. The second-order valence-corrected chi connectivity index (χ2v) is 1.38. The molecule has 0 aliphatic carbocycles. The lowest BCUT2D eigenvalue weighted by molar-refractivity contribution is -0.167. The monoisotopic (exact) mass is 175 g/mol. The summed E-state index contributed by atoms with van der Waals surface area (Å²) in [6.07, 6.45) is 0.217. The summed E-state index contributed by atoms with van der Waals surface area (Å²) < 4.78 is 4.10. The molecule has 12 heavy (non-hydrogen) atoms. The van der Waals surface area contributed by atoms with Crippen LogP contribution in [-0.2, 0) is 14.3 Å². The Hall–Kier alpha value is -1.49. The Labute approximate surface area is 68.6 Å². The molecular formula is C6H9NO5. The van der Waals surface area contributed by atoms with E-state index in [0.29, 0.717) is 0 Å². The van der Waals surface area contributed by atoms with E-state index in [2.05, 4.69) is 11.3 Å². The standard InChI is InChI=1S/C5H8O4.CHNO/c1-2-4(7)9-5(8)3-6;2-1-3/h2,5-6,8H,1,3H2;2H. The third-order valence-corrected chi connectivity index (χ3v) is 0.575. The first-order chi connectivity index (χ1) is 5.62. The first-order valence-electron chi connectivity index (χ1n) is 2.78. The van der Waals surface area contributed by atoms with Gasteiger partial charge in [0.15, 0.2) is 0 Å². The summed E-state index contributed by atoms with van der Waals surface area (Å²) >= 11 is 0. The highest BCUT2D eigenvalue weighted by Crippen LogP contribution is 1.85. The Kier molecular flexibility index (Phi) is 10.4. The zero-order valence-electron chi connectivity index (χ0n) is 6.19. The average Bonchev–Trinajstić information content (AvgIpc) is 2.05. The van der Waals surface area contributed by atoms with Gasteiger partial charge >= 0.3 is 5.97 Å². The van der Waals surface area contributed by atoms with Crippen molar-refractivity contribution >= 4 is 12.0 Å². The van der Waals surface area contributed by atoms with Gasteiger partial charge in [0.2, 0.25) is 12.4 Å². The van der Waals surface area contributed by atoms with Crippen molar-refractivity contribution in [1.29, 1.82) is 5.41 Å². The van der Waals surface area contributed by atoms with Crippen LogP contribution in [0.25, 0.3) is 0 Å². The Morgan fingerprint density at radius 3 is 2.50 bits per heavy atom. The largest absolute Gasteiger partial charge is 0.430 e. The van der Waals surface area contributed by atoms with Crippen LogP contribution in [0, 0.1) is 5.41 Å². The molecule has 68 valence electrons. The number of aliphatic hydroxyl groups is 2. The Bertz CT molecular complexity index is 173. The van der Waals surface area contributed by atoms with Crippen LogP contribution in [0.3, 0.4) is 0 Å². The molecule has 1 unspecified atom stereocenters. The average molecular weight is 175 g/mol. The summed E-state index contributed by atoms with van der Waals surface area (Å²) in [7, 11) is 0. The van der Waals surface area contributed by atoms with Gasteiger partial charge in [0.25, 0.3) is 0 Å². The molecule has 3 N–H and O–H groups in total. The van der Waals surface area contributed by atoms with Crippen LogP contribution in [0.1, 0.15) is 0 Å². The van der Waals surface area contributed by atoms with E-state index in [-0.39, 0.29) is 0 Å². The molecule has 0 saturated carbocycles. The summed E-state index contributed by atoms with van der Waals surface area (Å²) in [5.41, 5.74) is 0. The van der Waals surface area contributed by atoms with Crippen LogP contribution >= 0.6 is 0 Å². The molecule has 0 aromatic heterocycles. The molecule has 0 saturated heterocycles. The Morgan fingerprint density at radius 2 is 2.25 bits per heavy atom. The summed E-state index contributed by atoms with van der Waals surface area (Å²) in [5, 5.41) is 21.9. The lowest BCUT2D eigenvalue weighted by Gasteiger charge is -2.04. The van der Waals surface area contributed by atoms with Gasteiger partial charge in [0.1, 0.15) is 6.61 Å². The third-order valence-electron chi connectivity index (χ3n) is 0.575. The first kappa shape index (κ1) is 13.1. The highest BCUT2D eigenvalue weighted by Gasteiger charge is 2.04. The predicted octanol–water partition coefficient (Wildman–Crippen LogP) is -1.07. The minimum Gasteiger partial charge on any atom is -0.430 e. The van der Waals surface area contributed by atoms with Crippen LogP contribution in [0.5, 0.6) is 0 Å². The smallest absolute Gasteiger partial charge is 0.332 e. The highest BCUT2D eigenvalue weighted by atomic mass is 16.6. The first-order valence-corrected chi connectivity index (χ1v) is 2.78. The fraction of sp³-hybridized carbons (Fsp3) is 0.333.